The number of nitrogens with two attached hydrogens (primary N) is 1. The topological polar surface area (TPSA) is 72.1 Å². The fraction of sp³-hybridized carbons (Fsp3) is 0.0833. The van der Waals surface area contributed by atoms with Crippen LogP contribution < -0.4 is 10.6 Å². The maximum Gasteiger partial charge on any atom is 0.276 e. The van der Waals surface area contributed by atoms with Crippen LogP contribution in [0, 0.1) is 0 Å². The zero-order valence-corrected chi connectivity index (χ0v) is 9.37. The summed E-state index contributed by atoms with van der Waals surface area (Å²) in [6.45, 7) is 0. The number of rotatable bonds is 2. The van der Waals surface area contributed by atoms with Crippen LogP contribution in [0.4, 0.5) is 11.5 Å². The van der Waals surface area contributed by atoms with Crippen molar-refractivity contribution in [2.75, 3.05) is 17.7 Å². The Hall–Kier alpha value is -2.43. The van der Waals surface area contributed by atoms with Gasteiger partial charge in [-0.3, -0.25) is 9.78 Å². The third-order valence-electron chi connectivity index (χ3n) is 2.35. The average molecular weight is 228 g/mol. The molecule has 0 atom stereocenters. The third-order valence-corrected chi connectivity index (χ3v) is 2.35. The average Bonchev–Trinajstić information content (AvgIpc) is 2.39. The molecule has 0 aliphatic carbocycles. The number of carbonyl (C=O) groups is 1. The van der Waals surface area contributed by atoms with Gasteiger partial charge in [0.15, 0.2) is 0 Å². The number of nitrogens with zero attached hydrogens (tertiary/aromatic N) is 3. The predicted molar refractivity (Wildman–Crippen MR) is 65.6 cm³/mol. The van der Waals surface area contributed by atoms with E-state index in [9.17, 15) is 4.79 Å². The number of carbonyl (C=O) groups excluding carboxylic acids is 1. The van der Waals surface area contributed by atoms with Gasteiger partial charge in [-0.1, -0.05) is 6.07 Å². The Bertz CT molecular complexity index is 510. The first-order valence-corrected chi connectivity index (χ1v) is 5.09. The molecule has 0 radical (unpaired) electrons. The minimum Gasteiger partial charge on any atom is -0.384 e. The van der Waals surface area contributed by atoms with Gasteiger partial charge < -0.3 is 10.6 Å². The number of amides is 1. The number of aromatic nitrogens is 2. The van der Waals surface area contributed by atoms with Crippen molar-refractivity contribution in [3.05, 3.63) is 48.4 Å². The predicted octanol–water partition coefficient (Wildman–Crippen LogP) is 1.34. The van der Waals surface area contributed by atoms with E-state index in [1.807, 2.05) is 0 Å². The van der Waals surface area contributed by atoms with Gasteiger partial charge in [-0.05, 0) is 24.3 Å². The molecule has 17 heavy (non-hydrogen) atoms. The molecule has 5 heteroatoms. The maximum atomic E-state index is 12.0. The first-order valence-electron chi connectivity index (χ1n) is 5.09. The standard InChI is InChI=1S/C12H12N4O/c1-16(9-5-6-11(13)15-8-9)12(17)10-4-2-3-7-14-10/h2-8H,1H3,(H2,13,15). The Morgan fingerprint density at radius 3 is 2.65 bits per heavy atom. The van der Waals surface area contributed by atoms with E-state index in [2.05, 4.69) is 9.97 Å². The quantitative estimate of drug-likeness (QED) is 0.841. The Kier molecular flexibility index (Phi) is 3.00. The lowest BCUT2D eigenvalue weighted by Gasteiger charge is -2.16. The molecule has 0 aliphatic heterocycles. The number of hydrogen-bond acceptors (Lipinski definition) is 4. The highest BCUT2D eigenvalue weighted by molar-refractivity contribution is 6.04. The van der Waals surface area contributed by atoms with E-state index in [0.29, 0.717) is 17.2 Å². The summed E-state index contributed by atoms with van der Waals surface area (Å²) in [5, 5.41) is 0. The van der Waals surface area contributed by atoms with E-state index in [-0.39, 0.29) is 5.91 Å². The fourth-order valence-corrected chi connectivity index (χ4v) is 1.37. The molecule has 0 saturated carbocycles. The van der Waals surface area contributed by atoms with Crippen molar-refractivity contribution in [1.82, 2.24) is 9.97 Å². The maximum absolute atomic E-state index is 12.0. The molecule has 2 aromatic heterocycles. The summed E-state index contributed by atoms with van der Waals surface area (Å²) in [5.74, 6) is 0.240. The van der Waals surface area contributed by atoms with Crippen LogP contribution in [0.1, 0.15) is 10.5 Å². The third kappa shape index (κ3) is 2.39. The number of anilines is 2. The van der Waals surface area contributed by atoms with Crippen molar-refractivity contribution in [1.29, 1.82) is 0 Å². The lowest BCUT2D eigenvalue weighted by Crippen LogP contribution is -2.27. The Labute approximate surface area is 98.9 Å². The lowest BCUT2D eigenvalue weighted by molar-refractivity contribution is 0.0988. The molecular formula is C12H12N4O. The minimum absolute atomic E-state index is 0.183. The molecule has 2 heterocycles. The van der Waals surface area contributed by atoms with Crippen molar-refractivity contribution in [2.45, 2.75) is 0 Å². The molecule has 2 aromatic rings. The molecule has 5 nitrogen and oxygen atoms in total. The van der Waals surface area contributed by atoms with Crippen molar-refractivity contribution in [3.8, 4) is 0 Å². The van der Waals surface area contributed by atoms with Gasteiger partial charge in [0.25, 0.3) is 5.91 Å². The van der Waals surface area contributed by atoms with Gasteiger partial charge in [0.2, 0.25) is 0 Å². The van der Waals surface area contributed by atoms with Crippen LogP contribution in [-0.2, 0) is 0 Å². The summed E-state index contributed by atoms with van der Waals surface area (Å²) in [6, 6.07) is 8.60. The van der Waals surface area contributed by atoms with E-state index < -0.39 is 0 Å². The minimum atomic E-state index is -0.183. The van der Waals surface area contributed by atoms with Crippen LogP contribution in [-0.4, -0.2) is 22.9 Å². The van der Waals surface area contributed by atoms with Gasteiger partial charge in [-0.15, -0.1) is 0 Å². The highest BCUT2D eigenvalue weighted by atomic mass is 16.2. The largest absolute Gasteiger partial charge is 0.384 e. The van der Waals surface area contributed by atoms with Crippen LogP contribution in [0.2, 0.25) is 0 Å². The number of pyridine rings is 2. The van der Waals surface area contributed by atoms with Crippen LogP contribution in [0.15, 0.2) is 42.7 Å². The molecule has 2 rings (SSSR count). The van der Waals surface area contributed by atoms with Gasteiger partial charge in [0.05, 0.1) is 11.9 Å². The van der Waals surface area contributed by atoms with Crippen LogP contribution in [0.3, 0.4) is 0 Å². The van der Waals surface area contributed by atoms with Crippen molar-refractivity contribution in [3.63, 3.8) is 0 Å². The molecule has 1 amide bonds. The molecule has 0 spiro atoms. The second kappa shape index (κ2) is 4.61. The van der Waals surface area contributed by atoms with Crippen LogP contribution in [0.5, 0.6) is 0 Å². The normalized spacial score (nSPS) is 9.94. The Balaban J connectivity index is 2.23. The van der Waals surface area contributed by atoms with Crippen LogP contribution in [0.25, 0.3) is 0 Å². The SMILES string of the molecule is CN(C(=O)c1ccccn1)c1ccc(N)nc1. The number of nitrogen functional groups attached to an aromatic ring is 1. The van der Waals surface area contributed by atoms with Gasteiger partial charge in [-0.2, -0.15) is 0 Å². The molecule has 0 unspecified atom stereocenters. The fourth-order valence-electron chi connectivity index (χ4n) is 1.37. The highest BCUT2D eigenvalue weighted by Gasteiger charge is 2.14. The van der Waals surface area contributed by atoms with Crippen LogP contribution >= 0.6 is 0 Å². The summed E-state index contributed by atoms with van der Waals surface area (Å²) in [7, 11) is 1.67. The molecular weight excluding hydrogens is 216 g/mol. The summed E-state index contributed by atoms with van der Waals surface area (Å²) >= 11 is 0. The summed E-state index contributed by atoms with van der Waals surface area (Å²) < 4.78 is 0. The molecule has 86 valence electrons. The highest BCUT2D eigenvalue weighted by Crippen LogP contribution is 2.14. The van der Waals surface area contributed by atoms with Crippen molar-refractivity contribution < 1.29 is 4.79 Å². The molecule has 2 N–H and O–H groups in total. The molecule has 0 fully saturated rings. The van der Waals surface area contributed by atoms with E-state index in [4.69, 9.17) is 5.73 Å². The molecule has 0 aliphatic rings. The zero-order valence-electron chi connectivity index (χ0n) is 9.37. The first-order chi connectivity index (χ1) is 8.18. The van der Waals surface area contributed by atoms with Gasteiger partial charge in [0, 0.05) is 13.2 Å². The smallest absolute Gasteiger partial charge is 0.276 e. The zero-order chi connectivity index (χ0) is 12.3. The van der Waals surface area contributed by atoms with Gasteiger partial charge in [0.1, 0.15) is 11.5 Å². The van der Waals surface area contributed by atoms with E-state index in [0.717, 1.165) is 0 Å². The lowest BCUT2D eigenvalue weighted by atomic mass is 10.3. The van der Waals surface area contributed by atoms with Crippen molar-refractivity contribution in [2.24, 2.45) is 0 Å². The second-order valence-electron chi connectivity index (χ2n) is 3.52. The van der Waals surface area contributed by atoms with Gasteiger partial charge in [-0.25, -0.2) is 4.98 Å². The summed E-state index contributed by atoms with van der Waals surface area (Å²) in [4.78, 5) is 21.5. The van der Waals surface area contributed by atoms with Gasteiger partial charge >= 0.3 is 0 Å². The van der Waals surface area contributed by atoms with E-state index in [1.165, 1.54) is 4.90 Å². The van der Waals surface area contributed by atoms with E-state index >= 15 is 0 Å². The van der Waals surface area contributed by atoms with E-state index in [1.54, 1.807) is 49.8 Å². The monoisotopic (exact) mass is 228 g/mol. The molecule has 0 saturated heterocycles. The summed E-state index contributed by atoms with van der Waals surface area (Å²) in [6.07, 6.45) is 3.14. The molecule has 0 aromatic carbocycles. The second-order valence-corrected chi connectivity index (χ2v) is 3.52. The number of hydrogen-bond donors (Lipinski definition) is 1. The summed E-state index contributed by atoms with van der Waals surface area (Å²) in [5.41, 5.74) is 6.56. The Morgan fingerprint density at radius 1 is 1.24 bits per heavy atom. The van der Waals surface area contributed by atoms with Crippen molar-refractivity contribution >= 4 is 17.4 Å². The Morgan fingerprint density at radius 2 is 2.06 bits per heavy atom. The first kappa shape index (κ1) is 11.1. The molecule has 0 bridgehead atoms.